The van der Waals surface area contributed by atoms with Crippen LogP contribution in [0, 0.1) is 11.3 Å². The largest absolute Gasteiger partial charge is 0.505 e. The van der Waals surface area contributed by atoms with Crippen LogP contribution in [0.4, 0.5) is 0 Å². The van der Waals surface area contributed by atoms with Crippen molar-refractivity contribution in [3.8, 4) is 6.07 Å². The number of rotatable bonds is 1. The number of aliphatic hydroxyl groups is 1. The first-order chi connectivity index (χ1) is 9.69. The molecule has 96 valence electrons. The fourth-order valence-corrected chi connectivity index (χ4v) is 2.13. The Morgan fingerprint density at radius 3 is 2.55 bits per heavy atom. The maximum Gasteiger partial charge on any atom is 0.182 e. The molecule has 0 radical (unpaired) electrons. The number of aliphatic hydroxyl groups excluding tert-OH is 1. The second-order valence-electron chi connectivity index (χ2n) is 4.41. The summed E-state index contributed by atoms with van der Waals surface area (Å²) in [6, 6.07) is 15.2. The van der Waals surface area contributed by atoms with E-state index in [9.17, 15) is 9.90 Å². The predicted octanol–water partition coefficient (Wildman–Crippen LogP) is 1.60. The van der Waals surface area contributed by atoms with Crippen molar-refractivity contribution in [2.75, 3.05) is 0 Å². The quantitative estimate of drug-likeness (QED) is 0.724. The number of nitriles is 1. The molecule has 0 aliphatic carbocycles. The van der Waals surface area contributed by atoms with E-state index in [0.717, 1.165) is 5.52 Å². The molecule has 2 heterocycles. The van der Waals surface area contributed by atoms with E-state index < -0.39 is 0 Å². The smallest absolute Gasteiger partial charge is 0.182 e. The van der Waals surface area contributed by atoms with Gasteiger partial charge in [0.25, 0.3) is 0 Å². The van der Waals surface area contributed by atoms with Gasteiger partial charge < -0.3 is 9.51 Å². The first-order valence-corrected chi connectivity index (χ1v) is 6.04. The van der Waals surface area contributed by atoms with E-state index in [1.807, 2.05) is 6.07 Å². The van der Waals surface area contributed by atoms with Crippen molar-refractivity contribution in [2.45, 2.75) is 0 Å². The number of hydrogen-bond donors (Lipinski definition) is 1. The Labute approximate surface area is 114 Å². The van der Waals surface area contributed by atoms with Crippen LogP contribution in [0.1, 0.15) is 11.1 Å². The lowest BCUT2D eigenvalue weighted by Gasteiger charge is -2.01. The molecule has 0 saturated carbocycles. The summed E-state index contributed by atoms with van der Waals surface area (Å²) in [4.78, 5) is 11.3. The predicted molar refractivity (Wildman–Crippen MR) is 75.2 cm³/mol. The van der Waals surface area contributed by atoms with Crippen LogP contribution >= 0.6 is 0 Å². The Balaban J connectivity index is 2.25. The molecule has 0 atom stereocenters. The van der Waals surface area contributed by atoms with Gasteiger partial charge in [-0.1, -0.05) is 0 Å². The second kappa shape index (κ2) is 4.56. The summed E-state index contributed by atoms with van der Waals surface area (Å²) in [6.07, 6.45) is 1.63. The molecular weight excluding hydrogens is 252 g/mol. The summed E-state index contributed by atoms with van der Waals surface area (Å²) in [5, 5.41) is 19.7. The van der Waals surface area contributed by atoms with Gasteiger partial charge in [-0.05, 0) is 36.4 Å². The van der Waals surface area contributed by atoms with Crippen molar-refractivity contribution in [3.63, 3.8) is 0 Å². The molecule has 0 saturated heterocycles. The number of pyridine rings is 1. The molecule has 0 amide bonds. The third-order valence-electron chi connectivity index (χ3n) is 3.16. The normalized spacial score (nSPS) is 12.2. The Morgan fingerprint density at radius 1 is 1.10 bits per heavy atom. The van der Waals surface area contributed by atoms with Crippen LogP contribution in [0.5, 0.6) is 0 Å². The molecule has 1 aromatic carbocycles. The molecule has 20 heavy (non-hydrogen) atoms. The third kappa shape index (κ3) is 1.91. The van der Waals surface area contributed by atoms with Crippen LogP contribution in [0.3, 0.4) is 0 Å². The minimum Gasteiger partial charge on any atom is -0.505 e. The summed E-state index contributed by atoms with van der Waals surface area (Å²) in [5.41, 5.74) is 1.82. The first-order valence-electron chi connectivity index (χ1n) is 6.04. The fourth-order valence-electron chi connectivity index (χ4n) is 2.13. The molecule has 0 bridgehead atoms. The van der Waals surface area contributed by atoms with Crippen LogP contribution < -0.4 is 10.8 Å². The zero-order valence-electron chi connectivity index (χ0n) is 10.4. The van der Waals surface area contributed by atoms with Crippen LogP contribution in [-0.2, 0) is 0 Å². The van der Waals surface area contributed by atoms with Crippen LogP contribution in [-0.4, -0.2) is 9.51 Å². The summed E-state index contributed by atoms with van der Waals surface area (Å²) < 4.78 is 1.74. The average Bonchev–Trinajstić information content (AvgIpc) is 2.89. The van der Waals surface area contributed by atoms with Gasteiger partial charge in [0.2, 0.25) is 0 Å². The van der Waals surface area contributed by atoms with Gasteiger partial charge in [0.05, 0.1) is 17.0 Å². The number of fused-ring (bicyclic) bond motifs is 1. The van der Waals surface area contributed by atoms with Gasteiger partial charge in [-0.15, -0.1) is 0 Å². The minimum atomic E-state index is -0.0694. The van der Waals surface area contributed by atoms with Gasteiger partial charge in [0.1, 0.15) is 5.76 Å². The highest BCUT2D eigenvalue weighted by Crippen LogP contribution is 2.10. The van der Waals surface area contributed by atoms with E-state index in [2.05, 4.69) is 0 Å². The van der Waals surface area contributed by atoms with Gasteiger partial charge in [0.15, 0.2) is 5.43 Å². The van der Waals surface area contributed by atoms with E-state index >= 15 is 0 Å². The SMILES string of the molecule is N#Cc1ccc(/C(O)=c2\ccc3cc(=O)ccn23)cc1. The van der Waals surface area contributed by atoms with Gasteiger partial charge >= 0.3 is 0 Å². The summed E-state index contributed by atoms with van der Waals surface area (Å²) in [5.74, 6) is 0.105. The van der Waals surface area contributed by atoms with E-state index in [1.54, 1.807) is 47.0 Å². The molecule has 0 spiro atoms. The lowest BCUT2D eigenvalue weighted by Crippen LogP contribution is -2.14. The summed E-state index contributed by atoms with van der Waals surface area (Å²) in [7, 11) is 0. The van der Waals surface area contributed by atoms with Crippen LogP contribution in [0.2, 0.25) is 0 Å². The van der Waals surface area contributed by atoms with Crippen molar-refractivity contribution in [1.82, 2.24) is 4.40 Å². The molecule has 1 N–H and O–H groups in total. The molecular formula is C16H10N2O2. The Morgan fingerprint density at radius 2 is 1.85 bits per heavy atom. The number of nitrogens with zero attached hydrogens (tertiary/aromatic N) is 2. The lowest BCUT2D eigenvalue weighted by atomic mass is 10.1. The standard InChI is InChI=1S/C16H10N2O2/c17-10-11-1-3-12(4-2-11)16(20)15-6-5-13-9-14(19)7-8-18(13)15/h1-9,20H/b16-15-. The summed E-state index contributed by atoms with van der Waals surface area (Å²) in [6.45, 7) is 0. The van der Waals surface area contributed by atoms with Gasteiger partial charge in [-0.3, -0.25) is 4.79 Å². The second-order valence-corrected chi connectivity index (χ2v) is 4.41. The number of aromatic nitrogens is 1. The average molecular weight is 262 g/mol. The highest BCUT2D eigenvalue weighted by Gasteiger charge is 2.04. The Kier molecular flexibility index (Phi) is 2.73. The van der Waals surface area contributed by atoms with Crippen LogP contribution in [0.25, 0.3) is 11.3 Å². The van der Waals surface area contributed by atoms with E-state index in [4.69, 9.17) is 5.26 Å². The van der Waals surface area contributed by atoms with Gasteiger partial charge in [0, 0.05) is 29.4 Å². The Bertz CT molecular complexity index is 931. The van der Waals surface area contributed by atoms with Crippen molar-refractivity contribution < 1.29 is 5.11 Å². The number of hydrogen-bond acceptors (Lipinski definition) is 3. The highest BCUT2D eigenvalue weighted by molar-refractivity contribution is 5.61. The van der Waals surface area contributed by atoms with Crippen LogP contribution in [0.15, 0.2) is 59.5 Å². The molecule has 0 aliphatic rings. The minimum absolute atomic E-state index is 0.0694. The molecule has 0 unspecified atom stereocenters. The monoisotopic (exact) mass is 262 g/mol. The van der Waals surface area contributed by atoms with Crippen molar-refractivity contribution in [1.29, 1.82) is 5.26 Å². The molecule has 0 aliphatic heterocycles. The highest BCUT2D eigenvalue weighted by atomic mass is 16.3. The molecule has 3 rings (SSSR count). The van der Waals surface area contributed by atoms with E-state index in [1.165, 1.54) is 12.1 Å². The summed E-state index contributed by atoms with van der Waals surface area (Å²) >= 11 is 0. The van der Waals surface area contributed by atoms with Crippen molar-refractivity contribution in [3.05, 3.63) is 81.4 Å². The zero-order chi connectivity index (χ0) is 14.1. The molecule has 0 fully saturated rings. The van der Waals surface area contributed by atoms with Gasteiger partial charge in [-0.2, -0.15) is 5.26 Å². The maximum absolute atomic E-state index is 11.3. The molecule has 2 aromatic heterocycles. The number of benzene rings is 1. The fraction of sp³-hybridized carbons (Fsp3) is 0. The molecule has 4 heteroatoms. The lowest BCUT2D eigenvalue weighted by molar-refractivity contribution is 0.505. The zero-order valence-corrected chi connectivity index (χ0v) is 10.4. The third-order valence-corrected chi connectivity index (χ3v) is 3.16. The first kappa shape index (κ1) is 12.0. The topological polar surface area (TPSA) is 65.5 Å². The van der Waals surface area contributed by atoms with E-state index in [-0.39, 0.29) is 11.2 Å². The van der Waals surface area contributed by atoms with E-state index in [0.29, 0.717) is 16.5 Å². The molecule has 3 aromatic rings. The van der Waals surface area contributed by atoms with Gasteiger partial charge in [-0.25, -0.2) is 0 Å². The molecule has 4 nitrogen and oxygen atoms in total. The van der Waals surface area contributed by atoms with Crippen molar-refractivity contribution in [2.24, 2.45) is 0 Å². The van der Waals surface area contributed by atoms with Crippen molar-refractivity contribution >= 4 is 11.3 Å². The maximum atomic E-state index is 11.3. The Hall–Kier alpha value is -3.06.